The predicted molar refractivity (Wildman–Crippen MR) is 88.8 cm³/mol. The van der Waals surface area contributed by atoms with Gasteiger partial charge in [0.1, 0.15) is 11.3 Å². The monoisotopic (exact) mass is 333 g/mol. The van der Waals surface area contributed by atoms with E-state index in [0.29, 0.717) is 22.8 Å². The number of hydrogen-bond donors (Lipinski definition) is 2. The molecule has 1 saturated carbocycles. The molecule has 2 unspecified atom stereocenters. The molecule has 7 nitrogen and oxygen atoms in total. The molecule has 1 amide bonds. The van der Waals surface area contributed by atoms with Crippen molar-refractivity contribution >= 4 is 28.2 Å². The molecule has 2 aromatic rings. The van der Waals surface area contributed by atoms with Gasteiger partial charge in [0.25, 0.3) is 5.91 Å². The van der Waals surface area contributed by atoms with Gasteiger partial charge in [-0.1, -0.05) is 11.3 Å². The van der Waals surface area contributed by atoms with E-state index in [2.05, 4.69) is 25.8 Å². The van der Waals surface area contributed by atoms with E-state index in [0.717, 1.165) is 31.5 Å². The maximum atomic E-state index is 12.0. The lowest BCUT2D eigenvalue weighted by molar-refractivity contribution is 0.0669. The Labute approximate surface area is 138 Å². The summed E-state index contributed by atoms with van der Waals surface area (Å²) in [5, 5.41) is 14.0. The quantitative estimate of drug-likeness (QED) is 0.874. The van der Waals surface area contributed by atoms with Gasteiger partial charge < -0.3 is 10.1 Å². The number of carbonyl (C=O) groups is 1. The highest BCUT2D eigenvalue weighted by molar-refractivity contribution is 7.13. The van der Waals surface area contributed by atoms with Crippen LogP contribution in [0.25, 0.3) is 0 Å². The predicted octanol–water partition coefficient (Wildman–Crippen LogP) is 2.55. The molecule has 3 rings (SSSR count). The van der Waals surface area contributed by atoms with E-state index >= 15 is 0 Å². The second-order valence-corrected chi connectivity index (χ2v) is 6.33. The molecule has 0 radical (unpaired) electrons. The second kappa shape index (κ2) is 7.47. The number of aromatic nitrogens is 3. The van der Waals surface area contributed by atoms with E-state index in [1.807, 2.05) is 6.07 Å². The molecule has 2 aromatic heterocycles. The lowest BCUT2D eigenvalue weighted by Gasteiger charge is -2.29. The summed E-state index contributed by atoms with van der Waals surface area (Å²) in [6.07, 6.45) is 6.25. The van der Waals surface area contributed by atoms with Gasteiger partial charge in [-0.15, -0.1) is 10.2 Å². The summed E-state index contributed by atoms with van der Waals surface area (Å²) in [5.74, 6) is 0.539. The lowest BCUT2D eigenvalue weighted by atomic mass is 9.93. The SMILES string of the molecule is COC1CCCC(Nc2ccc(C(=O)Nc3nncs3)cn2)C1. The van der Waals surface area contributed by atoms with Crippen LogP contribution >= 0.6 is 11.3 Å². The van der Waals surface area contributed by atoms with Crippen molar-refractivity contribution in [2.45, 2.75) is 37.8 Å². The van der Waals surface area contributed by atoms with Crippen LogP contribution in [0.15, 0.2) is 23.8 Å². The first kappa shape index (κ1) is 15.8. The molecule has 0 bridgehead atoms. The topological polar surface area (TPSA) is 89.0 Å². The normalized spacial score (nSPS) is 20.9. The summed E-state index contributed by atoms with van der Waals surface area (Å²) in [5.41, 5.74) is 2.06. The highest BCUT2D eigenvalue weighted by Crippen LogP contribution is 2.23. The van der Waals surface area contributed by atoms with E-state index in [9.17, 15) is 4.79 Å². The fourth-order valence-corrected chi connectivity index (χ4v) is 3.15. The molecule has 1 fully saturated rings. The molecule has 23 heavy (non-hydrogen) atoms. The molecule has 122 valence electrons. The van der Waals surface area contributed by atoms with Crippen LogP contribution in [-0.2, 0) is 4.74 Å². The summed E-state index contributed by atoms with van der Waals surface area (Å²) in [6, 6.07) is 3.94. The number of anilines is 2. The minimum Gasteiger partial charge on any atom is -0.381 e. The van der Waals surface area contributed by atoms with Gasteiger partial charge in [-0.25, -0.2) is 4.98 Å². The zero-order valence-electron chi connectivity index (χ0n) is 12.9. The fraction of sp³-hybridized carbons (Fsp3) is 0.467. The van der Waals surface area contributed by atoms with Crippen LogP contribution in [0, 0.1) is 0 Å². The molecular weight excluding hydrogens is 314 g/mol. The van der Waals surface area contributed by atoms with Gasteiger partial charge in [-0.2, -0.15) is 0 Å². The molecule has 2 atom stereocenters. The van der Waals surface area contributed by atoms with Crippen LogP contribution < -0.4 is 10.6 Å². The molecule has 2 N–H and O–H groups in total. The lowest BCUT2D eigenvalue weighted by Crippen LogP contribution is -2.31. The smallest absolute Gasteiger partial charge is 0.259 e. The number of methoxy groups -OCH3 is 1. The summed E-state index contributed by atoms with van der Waals surface area (Å²) < 4.78 is 5.44. The Balaban J connectivity index is 1.57. The van der Waals surface area contributed by atoms with Gasteiger partial charge >= 0.3 is 0 Å². The van der Waals surface area contributed by atoms with Crippen LogP contribution in [0.5, 0.6) is 0 Å². The number of hydrogen-bond acceptors (Lipinski definition) is 7. The minimum absolute atomic E-state index is 0.238. The van der Waals surface area contributed by atoms with Crippen LogP contribution in [-0.4, -0.2) is 40.3 Å². The maximum absolute atomic E-state index is 12.0. The average Bonchev–Trinajstić information content (AvgIpc) is 3.08. The molecule has 0 spiro atoms. The third-order valence-corrected chi connectivity index (χ3v) is 4.52. The number of rotatable bonds is 5. The van der Waals surface area contributed by atoms with Gasteiger partial charge in [-0.3, -0.25) is 10.1 Å². The van der Waals surface area contributed by atoms with Gasteiger partial charge in [0, 0.05) is 19.3 Å². The maximum Gasteiger partial charge on any atom is 0.259 e. The number of amides is 1. The molecular formula is C15H19N5O2S. The number of pyridine rings is 1. The molecule has 8 heteroatoms. The first-order chi connectivity index (χ1) is 11.2. The molecule has 2 heterocycles. The van der Waals surface area contributed by atoms with Crippen molar-refractivity contribution in [3.63, 3.8) is 0 Å². The number of carbonyl (C=O) groups excluding carboxylic acids is 1. The summed E-state index contributed by atoms with van der Waals surface area (Å²) >= 11 is 1.28. The third-order valence-electron chi connectivity index (χ3n) is 3.92. The summed E-state index contributed by atoms with van der Waals surface area (Å²) in [4.78, 5) is 16.4. The molecule has 0 aromatic carbocycles. The van der Waals surface area contributed by atoms with E-state index in [-0.39, 0.29) is 5.91 Å². The molecule has 0 saturated heterocycles. The van der Waals surface area contributed by atoms with Crippen molar-refractivity contribution < 1.29 is 9.53 Å². The van der Waals surface area contributed by atoms with Crippen molar-refractivity contribution in [2.24, 2.45) is 0 Å². The molecule has 0 aliphatic heterocycles. The first-order valence-corrected chi connectivity index (χ1v) is 8.45. The van der Waals surface area contributed by atoms with Gasteiger partial charge in [0.2, 0.25) is 5.13 Å². The Morgan fingerprint density at radius 2 is 2.30 bits per heavy atom. The van der Waals surface area contributed by atoms with Crippen molar-refractivity contribution in [2.75, 3.05) is 17.7 Å². The zero-order valence-corrected chi connectivity index (χ0v) is 13.7. The average molecular weight is 333 g/mol. The molecule has 1 aliphatic rings. The highest BCUT2D eigenvalue weighted by atomic mass is 32.1. The Kier molecular flexibility index (Phi) is 5.14. The Bertz CT molecular complexity index is 632. The summed E-state index contributed by atoms with van der Waals surface area (Å²) in [7, 11) is 1.76. The molecule has 1 aliphatic carbocycles. The van der Waals surface area contributed by atoms with Crippen LogP contribution in [0.2, 0.25) is 0 Å². The second-order valence-electron chi connectivity index (χ2n) is 5.50. The Hall–Kier alpha value is -2.06. The van der Waals surface area contributed by atoms with Crippen molar-refractivity contribution in [1.82, 2.24) is 15.2 Å². The van der Waals surface area contributed by atoms with Crippen molar-refractivity contribution in [1.29, 1.82) is 0 Å². The highest BCUT2D eigenvalue weighted by Gasteiger charge is 2.21. The summed E-state index contributed by atoms with van der Waals surface area (Å²) in [6.45, 7) is 0. The Morgan fingerprint density at radius 1 is 1.39 bits per heavy atom. The van der Waals surface area contributed by atoms with Gasteiger partial charge in [-0.05, 0) is 37.8 Å². The zero-order chi connectivity index (χ0) is 16.1. The Morgan fingerprint density at radius 3 is 3.00 bits per heavy atom. The first-order valence-electron chi connectivity index (χ1n) is 7.57. The largest absolute Gasteiger partial charge is 0.381 e. The fourth-order valence-electron chi connectivity index (χ4n) is 2.71. The van der Waals surface area contributed by atoms with Gasteiger partial charge in [0.15, 0.2) is 0 Å². The van der Waals surface area contributed by atoms with Crippen LogP contribution in [0.3, 0.4) is 0 Å². The minimum atomic E-state index is -0.238. The number of nitrogens with one attached hydrogen (secondary N) is 2. The van der Waals surface area contributed by atoms with Crippen molar-refractivity contribution in [3.05, 3.63) is 29.4 Å². The van der Waals surface area contributed by atoms with Crippen LogP contribution in [0.1, 0.15) is 36.0 Å². The van der Waals surface area contributed by atoms with E-state index in [4.69, 9.17) is 4.74 Å². The number of nitrogens with zero attached hydrogens (tertiary/aromatic N) is 3. The third kappa shape index (κ3) is 4.23. The van der Waals surface area contributed by atoms with E-state index in [1.165, 1.54) is 11.3 Å². The van der Waals surface area contributed by atoms with E-state index in [1.54, 1.807) is 24.9 Å². The standard InChI is InChI=1S/C15H19N5O2S/c1-22-12-4-2-3-11(7-12)18-13-6-5-10(8-16-13)14(21)19-15-20-17-9-23-15/h5-6,8-9,11-12H,2-4,7H2,1H3,(H,16,18)(H,19,20,21). The number of ether oxygens (including phenoxy) is 1. The van der Waals surface area contributed by atoms with Gasteiger partial charge in [0.05, 0.1) is 11.7 Å². The van der Waals surface area contributed by atoms with Crippen molar-refractivity contribution in [3.8, 4) is 0 Å². The van der Waals surface area contributed by atoms with Crippen LogP contribution in [0.4, 0.5) is 10.9 Å². The van der Waals surface area contributed by atoms with E-state index < -0.39 is 0 Å².